The third-order valence-corrected chi connectivity index (χ3v) is 6.96. The molecule has 5 rings (SSSR count). The number of carbonyl (C=O) groups excluding carboxylic acids is 1. The van der Waals surface area contributed by atoms with Crippen molar-refractivity contribution in [2.75, 3.05) is 6.61 Å². The smallest absolute Gasteiger partial charge is 0.312 e. The van der Waals surface area contributed by atoms with Crippen LogP contribution in [-0.2, 0) is 9.53 Å². The fourth-order valence-corrected chi connectivity index (χ4v) is 6.31. The van der Waals surface area contributed by atoms with E-state index >= 15 is 0 Å². The van der Waals surface area contributed by atoms with E-state index in [9.17, 15) is 4.79 Å². The molecule has 5 saturated carbocycles. The van der Waals surface area contributed by atoms with Gasteiger partial charge in [0.2, 0.25) is 0 Å². The molecule has 0 heterocycles. The van der Waals surface area contributed by atoms with Crippen molar-refractivity contribution in [1.82, 2.24) is 0 Å². The maximum absolute atomic E-state index is 12.7. The van der Waals surface area contributed by atoms with Gasteiger partial charge in [0.05, 0.1) is 12.0 Å². The zero-order chi connectivity index (χ0) is 14.3. The van der Waals surface area contributed by atoms with Crippen molar-refractivity contribution in [3.05, 3.63) is 0 Å². The molecule has 0 unspecified atom stereocenters. The van der Waals surface area contributed by atoms with Crippen LogP contribution in [0.3, 0.4) is 0 Å². The second-order valence-electron chi connectivity index (χ2n) is 8.63. The number of ether oxygens (including phenoxy) is 1. The Morgan fingerprint density at radius 3 is 2.05 bits per heavy atom. The molecule has 0 amide bonds. The SMILES string of the molecule is O=C(OCCC1CCCCC1)C12CC3CC(CC(C3)C1)C2. The Bertz CT molecular complexity index is 359. The van der Waals surface area contributed by atoms with Crippen LogP contribution in [0.25, 0.3) is 0 Å². The Balaban J connectivity index is 1.30. The van der Waals surface area contributed by atoms with Crippen molar-refractivity contribution in [2.45, 2.75) is 77.0 Å². The van der Waals surface area contributed by atoms with Gasteiger partial charge in [-0.2, -0.15) is 0 Å². The topological polar surface area (TPSA) is 26.3 Å². The fourth-order valence-electron chi connectivity index (χ4n) is 6.31. The van der Waals surface area contributed by atoms with Crippen molar-refractivity contribution in [3.8, 4) is 0 Å². The lowest BCUT2D eigenvalue weighted by molar-refractivity contribution is -0.172. The monoisotopic (exact) mass is 290 g/mol. The number of carbonyl (C=O) groups is 1. The van der Waals surface area contributed by atoms with Crippen molar-refractivity contribution in [1.29, 1.82) is 0 Å². The molecule has 0 N–H and O–H groups in total. The summed E-state index contributed by atoms with van der Waals surface area (Å²) in [4.78, 5) is 12.7. The largest absolute Gasteiger partial charge is 0.465 e. The summed E-state index contributed by atoms with van der Waals surface area (Å²) in [7, 11) is 0. The molecule has 0 aromatic rings. The Morgan fingerprint density at radius 2 is 1.48 bits per heavy atom. The average Bonchev–Trinajstić information content (AvgIpc) is 2.47. The van der Waals surface area contributed by atoms with Gasteiger partial charge in [0, 0.05) is 0 Å². The summed E-state index contributed by atoms with van der Waals surface area (Å²) in [5, 5.41) is 0. The molecule has 4 bridgehead atoms. The van der Waals surface area contributed by atoms with Crippen molar-refractivity contribution in [2.24, 2.45) is 29.1 Å². The highest BCUT2D eigenvalue weighted by Crippen LogP contribution is 2.60. The molecule has 5 aliphatic rings. The number of hydrogen-bond donors (Lipinski definition) is 0. The molecule has 0 atom stereocenters. The molecule has 0 aromatic heterocycles. The summed E-state index contributed by atoms with van der Waals surface area (Å²) in [6.07, 6.45) is 15.6. The van der Waals surface area contributed by atoms with Crippen LogP contribution in [0.2, 0.25) is 0 Å². The summed E-state index contributed by atoms with van der Waals surface area (Å²) in [6, 6.07) is 0. The van der Waals surface area contributed by atoms with Gasteiger partial charge in [0.25, 0.3) is 0 Å². The quantitative estimate of drug-likeness (QED) is 0.700. The van der Waals surface area contributed by atoms with Crippen LogP contribution in [0.1, 0.15) is 77.0 Å². The van der Waals surface area contributed by atoms with Gasteiger partial charge < -0.3 is 4.74 Å². The Morgan fingerprint density at radius 1 is 0.905 bits per heavy atom. The lowest BCUT2D eigenvalue weighted by Gasteiger charge is -2.55. The first-order valence-electron chi connectivity index (χ1n) is 9.41. The van der Waals surface area contributed by atoms with Crippen LogP contribution in [0.15, 0.2) is 0 Å². The van der Waals surface area contributed by atoms with Gasteiger partial charge in [-0.3, -0.25) is 4.79 Å². The first kappa shape index (κ1) is 14.1. The predicted octanol–water partition coefficient (Wildman–Crippen LogP) is 4.72. The molecular weight excluding hydrogens is 260 g/mol. The molecule has 0 saturated heterocycles. The van der Waals surface area contributed by atoms with Crippen LogP contribution in [0, 0.1) is 29.1 Å². The van der Waals surface area contributed by atoms with E-state index in [1.54, 1.807) is 0 Å². The van der Waals surface area contributed by atoms with Crippen molar-refractivity contribution >= 4 is 5.97 Å². The zero-order valence-electron chi connectivity index (χ0n) is 13.3. The summed E-state index contributed by atoms with van der Waals surface area (Å²) in [5.41, 5.74) is -0.0543. The third-order valence-electron chi connectivity index (χ3n) is 6.96. The minimum Gasteiger partial charge on any atom is -0.465 e. The van der Waals surface area contributed by atoms with Gasteiger partial charge in [0.15, 0.2) is 0 Å². The van der Waals surface area contributed by atoms with E-state index in [0.717, 1.165) is 49.4 Å². The number of esters is 1. The summed E-state index contributed by atoms with van der Waals surface area (Å²) >= 11 is 0. The van der Waals surface area contributed by atoms with Crippen LogP contribution < -0.4 is 0 Å². The van der Waals surface area contributed by atoms with Gasteiger partial charge in [-0.1, -0.05) is 32.1 Å². The first-order chi connectivity index (χ1) is 10.2. The van der Waals surface area contributed by atoms with E-state index < -0.39 is 0 Å². The van der Waals surface area contributed by atoms with Gasteiger partial charge in [-0.15, -0.1) is 0 Å². The molecule has 118 valence electrons. The number of hydrogen-bond acceptors (Lipinski definition) is 2. The molecular formula is C19H30O2. The molecule has 2 heteroatoms. The highest BCUT2D eigenvalue weighted by molar-refractivity contribution is 5.77. The van der Waals surface area contributed by atoms with Gasteiger partial charge in [-0.25, -0.2) is 0 Å². The van der Waals surface area contributed by atoms with Crippen LogP contribution >= 0.6 is 0 Å². The molecule has 0 radical (unpaired) electrons. The summed E-state index contributed by atoms with van der Waals surface area (Å²) < 4.78 is 5.79. The zero-order valence-corrected chi connectivity index (χ0v) is 13.3. The number of rotatable bonds is 4. The minimum atomic E-state index is -0.0543. The van der Waals surface area contributed by atoms with Crippen LogP contribution in [0.5, 0.6) is 0 Å². The maximum atomic E-state index is 12.7. The summed E-state index contributed by atoms with van der Waals surface area (Å²) in [6.45, 7) is 0.686. The second kappa shape index (κ2) is 5.59. The van der Waals surface area contributed by atoms with E-state index in [0.29, 0.717) is 6.61 Å². The van der Waals surface area contributed by atoms with Crippen LogP contribution in [-0.4, -0.2) is 12.6 Å². The first-order valence-corrected chi connectivity index (χ1v) is 9.41. The van der Waals surface area contributed by atoms with E-state index in [-0.39, 0.29) is 11.4 Å². The van der Waals surface area contributed by atoms with E-state index in [2.05, 4.69) is 0 Å². The van der Waals surface area contributed by atoms with Gasteiger partial charge in [0.1, 0.15) is 0 Å². The van der Waals surface area contributed by atoms with Crippen molar-refractivity contribution in [3.63, 3.8) is 0 Å². The van der Waals surface area contributed by atoms with E-state index in [1.165, 1.54) is 51.4 Å². The van der Waals surface area contributed by atoms with Crippen LogP contribution in [0.4, 0.5) is 0 Å². The molecule has 0 spiro atoms. The lowest BCUT2D eigenvalue weighted by atomic mass is 9.49. The Hall–Kier alpha value is -0.530. The summed E-state index contributed by atoms with van der Waals surface area (Å²) in [5.74, 6) is 3.51. The second-order valence-corrected chi connectivity index (χ2v) is 8.63. The molecule has 21 heavy (non-hydrogen) atoms. The molecule has 0 aromatic carbocycles. The predicted molar refractivity (Wildman–Crippen MR) is 82.8 cm³/mol. The van der Waals surface area contributed by atoms with E-state index in [1.807, 2.05) is 0 Å². The highest BCUT2D eigenvalue weighted by Gasteiger charge is 2.55. The normalized spacial score (nSPS) is 42.2. The molecule has 5 fully saturated rings. The third kappa shape index (κ3) is 2.75. The minimum absolute atomic E-state index is 0.0543. The molecule has 0 aliphatic heterocycles. The van der Waals surface area contributed by atoms with Gasteiger partial charge in [-0.05, 0) is 68.6 Å². The fraction of sp³-hybridized carbons (Fsp3) is 0.947. The Kier molecular flexibility index (Phi) is 3.75. The molecule has 5 aliphatic carbocycles. The standard InChI is InChI=1S/C19H30O2/c20-18(21-7-6-14-4-2-1-3-5-14)19-11-15-8-16(12-19)10-17(9-15)13-19/h14-17H,1-13H2. The Labute approximate surface area is 129 Å². The lowest BCUT2D eigenvalue weighted by Crippen LogP contribution is -2.50. The highest BCUT2D eigenvalue weighted by atomic mass is 16.5. The van der Waals surface area contributed by atoms with E-state index in [4.69, 9.17) is 4.74 Å². The maximum Gasteiger partial charge on any atom is 0.312 e. The molecule has 2 nitrogen and oxygen atoms in total. The van der Waals surface area contributed by atoms with Crippen molar-refractivity contribution < 1.29 is 9.53 Å². The average molecular weight is 290 g/mol. The van der Waals surface area contributed by atoms with Gasteiger partial charge >= 0.3 is 5.97 Å².